The molecule has 5 nitrogen and oxygen atoms in total. The second-order valence-electron chi connectivity index (χ2n) is 6.15. The summed E-state index contributed by atoms with van der Waals surface area (Å²) in [6, 6.07) is 11.1. The molecular formula is C19H19BrN2O3S. The van der Waals surface area contributed by atoms with Gasteiger partial charge in [-0.25, -0.2) is 4.99 Å². The van der Waals surface area contributed by atoms with Crippen molar-refractivity contribution in [3.05, 3.63) is 51.7 Å². The number of hydrogen-bond donors (Lipinski definition) is 0. The van der Waals surface area contributed by atoms with Crippen molar-refractivity contribution in [3.8, 4) is 5.75 Å². The Morgan fingerprint density at radius 3 is 2.58 bits per heavy atom. The Hall–Kier alpha value is -1.99. The second kappa shape index (κ2) is 8.14. The molecule has 0 radical (unpaired) electrons. The average Bonchev–Trinajstić information content (AvgIpc) is 3.14. The molecule has 136 valence electrons. The maximum atomic E-state index is 12.8. The number of methoxy groups -OCH3 is 1. The fraction of sp³-hybridized carbons (Fsp3) is 0.263. The lowest BCUT2D eigenvalue weighted by atomic mass is 10.2. The summed E-state index contributed by atoms with van der Waals surface area (Å²) >= 11 is 4.64. The van der Waals surface area contributed by atoms with Gasteiger partial charge in [-0.05, 0) is 70.0 Å². The summed E-state index contributed by atoms with van der Waals surface area (Å²) in [5.41, 5.74) is 0.775. The molecule has 1 aliphatic heterocycles. The minimum atomic E-state index is -0.0523. The van der Waals surface area contributed by atoms with E-state index in [4.69, 9.17) is 9.15 Å². The van der Waals surface area contributed by atoms with Crippen molar-refractivity contribution in [2.75, 3.05) is 13.7 Å². The highest BCUT2D eigenvalue weighted by molar-refractivity contribution is 9.10. The minimum absolute atomic E-state index is 0.0523. The van der Waals surface area contributed by atoms with Crippen LogP contribution >= 0.6 is 27.7 Å². The molecule has 0 N–H and O–H groups in total. The number of furan rings is 1. The molecule has 0 bridgehead atoms. The fourth-order valence-corrected chi connectivity index (χ4v) is 3.73. The lowest BCUT2D eigenvalue weighted by Crippen LogP contribution is -2.32. The first-order chi connectivity index (χ1) is 12.5. The molecular weight excluding hydrogens is 416 g/mol. The first-order valence-electron chi connectivity index (χ1n) is 8.15. The molecule has 2 heterocycles. The number of nitrogens with zero attached hydrogens (tertiary/aromatic N) is 2. The molecule has 1 amide bonds. The lowest BCUT2D eigenvalue weighted by Gasteiger charge is -2.17. The van der Waals surface area contributed by atoms with E-state index in [1.165, 1.54) is 11.8 Å². The highest BCUT2D eigenvalue weighted by Gasteiger charge is 2.34. The van der Waals surface area contributed by atoms with E-state index >= 15 is 0 Å². The number of carbonyl (C=O) groups excluding carboxylic acids is 1. The van der Waals surface area contributed by atoms with Crippen LogP contribution in [-0.2, 0) is 4.79 Å². The van der Waals surface area contributed by atoms with Crippen LogP contribution in [0, 0.1) is 5.92 Å². The van der Waals surface area contributed by atoms with Crippen molar-refractivity contribution in [2.45, 2.75) is 13.8 Å². The van der Waals surface area contributed by atoms with E-state index in [9.17, 15) is 4.79 Å². The molecule has 3 rings (SSSR count). The van der Waals surface area contributed by atoms with Gasteiger partial charge in [0.05, 0.1) is 17.7 Å². The van der Waals surface area contributed by atoms with E-state index in [0.29, 0.717) is 33.0 Å². The second-order valence-corrected chi connectivity index (χ2v) is 7.95. The van der Waals surface area contributed by atoms with Gasteiger partial charge in [0.25, 0.3) is 5.91 Å². The van der Waals surface area contributed by atoms with Crippen LogP contribution in [0.1, 0.15) is 19.6 Å². The van der Waals surface area contributed by atoms with Crippen molar-refractivity contribution in [1.82, 2.24) is 4.90 Å². The Morgan fingerprint density at radius 2 is 2.00 bits per heavy atom. The van der Waals surface area contributed by atoms with Crippen molar-refractivity contribution in [3.63, 3.8) is 0 Å². The number of ether oxygens (including phenoxy) is 1. The maximum absolute atomic E-state index is 12.8. The average molecular weight is 435 g/mol. The summed E-state index contributed by atoms with van der Waals surface area (Å²) in [6.45, 7) is 4.77. The summed E-state index contributed by atoms with van der Waals surface area (Å²) in [6.07, 6.45) is 1.75. The molecule has 0 atom stereocenters. The predicted octanol–water partition coefficient (Wildman–Crippen LogP) is 5.31. The summed E-state index contributed by atoms with van der Waals surface area (Å²) in [4.78, 5) is 19.8. The number of thioether (sulfide) groups is 1. The van der Waals surface area contributed by atoms with Crippen molar-refractivity contribution in [1.29, 1.82) is 0 Å². The van der Waals surface area contributed by atoms with Gasteiger partial charge in [0.2, 0.25) is 0 Å². The highest BCUT2D eigenvalue weighted by Crippen LogP contribution is 2.35. The maximum Gasteiger partial charge on any atom is 0.266 e. The SMILES string of the molecule is COc1ccc(N=C2S/C(=C/c3ccc(Br)o3)C(=O)N2CC(C)C)cc1. The fourth-order valence-electron chi connectivity index (χ4n) is 2.42. The first kappa shape index (κ1) is 18.8. The van der Waals surface area contributed by atoms with Gasteiger partial charge < -0.3 is 9.15 Å². The smallest absolute Gasteiger partial charge is 0.266 e. The summed E-state index contributed by atoms with van der Waals surface area (Å²) < 4.78 is 11.3. The number of aliphatic imine (C=N–C) groups is 1. The molecule has 0 saturated carbocycles. The normalized spacial score (nSPS) is 17.7. The Morgan fingerprint density at radius 1 is 1.27 bits per heavy atom. The third-order valence-electron chi connectivity index (χ3n) is 3.60. The van der Waals surface area contributed by atoms with Crippen LogP contribution in [0.3, 0.4) is 0 Å². The Kier molecular flexibility index (Phi) is 5.88. The summed E-state index contributed by atoms with van der Waals surface area (Å²) in [5.74, 6) is 1.68. The van der Waals surface area contributed by atoms with Crippen LogP contribution in [0.15, 0.2) is 55.4 Å². The summed E-state index contributed by atoms with van der Waals surface area (Å²) in [5, 5.41) is 0.672. The number of halogens is 1. The summed E-state index contributed by atoms with van der Waals surface area (Å²) in [7, 11) is 1.63. The third kappa shape index (κ3) is 4.40. The monoisotopic (exact) mass is 434 g/mol. The predicted molar refractivity (Wildman–Crippen MR) is 109 cm³/mol. The molecule has 1 aliphatic rings. The van der Waals surface area contributed by atoms with Gasteiger partial charge in [-0.2, -0.15) is 0 Å². The van der Waals surface area contributed by atoms with Crippen LogP contribution in [0.25, 0.3) is 6.08 Å². The van der Waals surface area contributed by atoms with E-state index in [1.54, 1.807) is 24.2 Å². The molecule has 1 aromatic carbocycles. The van der Waals surface area contributed by atoms with E-state index in [1.807, 2.05) is 30.3 Å². The van der Waals surface area contributed by atoms with Gasteiger partial charge >= 0.3 is 0 Å². The van der Waals surface area contributed by atoms with E-state index in [2.05, 4.69) is 34.8 Å². The molecule has 0 unspecified atom stereocenters. The third-order valence-corrected chi connectivity index (χ3v) is 5.03. The zero-order chi connectivity index (χ0) is 18.7. The van der Waals surface area contributed by atoms with E-state index in [0.717, 1.165) is 11.4 Å². The zero-order valence-corrected chi connectivity index (χ0v) is 17.1. The lowest BCUT2D eigenvalue weighted by molar-refractivity contribution is -0.122. The van der Waals surface area contributed by atoms with Crippen molar-refractivity contribution in [2.24, 2.45) is 10.9 Å². The minimum Gasteiger partial charge on any atom is -0.497 e. The zero-order valence-electron chi connectivity index (χ0n) is 14.7. The van der Waals surface area contributed by atoms with E-state index in [-0.39, 0.29) is 5.91 Å². The Labute approximate surface area is 165 Å². The van der Waals surface area contributed by atoms with E-state index < -0.39 is 0 Å². The quantitative estimate of drug-likeness (QED) is 0.598. The van der Waals surface area contributed by atoms with Crippen molar-refractivity contribution < 1.29 is 13.9 Å². The number of benzene rings is 1. The van der Waals surface area contributed by atoms with Crippen LogP contribution in [0.4, 0.5) is 5.69 Å². The van der Waals surface area contributed by atoms with Crippen LogP contribution in [0.2, 0.25) is 0 Å². The Bertz CT molecular complexity index is 856. The van der Waals surface area contributed by atoms with Crippen LogP contribution in [0.5, 0.6) is 5.75 Å². The number of carbonyl (C=O) groups is 1. The Balaban J connectivity index is 1.92. The molecule has 1 aromatic heterocycles. The molecule has 2 aromatic rings. The van der Waals surface area contributed by atoms with Gasteiger partial charge in [-0.1, -0.05) is 13.8 Å². The molecule has 1 saturated heterocycles. The van der Waals surface area contributed by atoms with Gasteiger partial charge in [0, 0.05) is 12.6 Å². The number of amides is 1. The van der Waals surface area contributed by atoms with Crippen LogP contribution in [-0.4, -0.2) is 29.6 Å². The van der Waals surface area contributed by atoms with Gasteiger partial charge in [0.15, 0.2) is 9.84 Å². The highest BCUT2D eigenvalue weighted by atomic mass is 79.9. The number of amidine groups is 1. The number of rotatable bonds is 5. The number of hydrogen-bond acceptors (Lipinski definition) is 5. The first-order valence-corrected chi connectivity index (χ1v) is 9.76. The van der Waals surface area contributed by atoms with Gasteiger partial charge in [0.1, 0.15) is 11.5 Å². The van der Waals surface area contributed by atoms with Crippen molar-refractivity contribution >= 4 is 50.5 Å². The molecule has 1 fully saturated rings. The molecule has 7 heteroatoms. The molecule has 0 spiro atoms. The standard InChI is InChI=1S/C19H19BrN2O3S/c1-12(2)11-22-18(23)16(10-15-8-9-17(20)25-15)26-19(22)21-13-4-6-14(24-3)7-5-13/h4-10,12H,11H2,1-3H3/b16-10+,21-19?. The molecule has 0 aliphatic carbocycles. The molecule has 26 heavy (non-hydrogen) atoms. The van der Waals surface area contributed by atoms with Gasteiger partial charge in [-0.3, -0.25) is 9.69 Å². The van der Waals surface area contributed by atoms with Gasteiger partial charge in [-0.15, -0.1) is 0 Å². The largest absolute Gasteiger partial charge is 0.497 e. The van der Waals surface area contributed by atoms with Crippen LogP contribution < -0.4 is 4.74 Å². The topological polar surface area (TPSA) is 55.0 Å².